The molecule has 0 radical (unpaired) electrons. The van der Waals surface area contributed by atoms with Gasteiger partial charge in [0.15, 0.2) is 0 Å². The number of rotatable bonds is 2. The highest BCUT2D eigenvalue weighted by Gasteiger charge is 2.23. The van der Waals surface area contributed by atoms with Crippen LogP contribution in [0.1, 0.15) is 41.9 Å². The molecule has 6 nitrogen and oxygen atoms in total. The average molecular weight is 236 g/mol. The molecule has 1 aliphatic heterocycles. The summed E-state index contributed by atoms with van der Waals surface area (Å²) in [7, 11) is 0. The van der Waals surface area contributed by atoms with E-state index in [9.17, 15) is 9.59 Å². The van der Waals surface area contributed by atoms with Gasteiger partial charge in [-0.25, -0.2) is 0 Å². The van der Waals surface area contributed by atoms with E-state index in [2.05, 4.69) is 10.2 Å². The third kappa shape index (κ3) is 2.46. The van der Waals surface area contributed by atoms with Gasteiger partial charge in [-0.15, -0.1) is 0 Å². The van der Waals surface area contributed by atoms with Crippen LogP contribution in [0.2, 0.25) is 0 Å². The Balaban J connectivity index is 2.00. The third-order valence-electron chi connectivity index (χ3n) is 3.23. The molecule has 2 heterocycles. The van der Waals surface area contributed by atoms with Crippen molar-refractivity contribution in [3.8, 4) is 0 Å². The first kappa shape index (κ1) is 11.6. The van der Waals surface area contributed by atoms with Gasteiger partial charge in [-0.05, 0) is 18.9 Å². The Labute approximate surface area is 99.2 Å². The van der Waals surface area contributed by atoms with Gasteiger partial charge in [0.1, 0.15) is 5.69 Å². The number of amides is 2. The van der Waals surface area contributed by atoms with Gasteiger partial charge in [-0.2, -0.15) is 5.10 Å². The predicted octanol–water partition coefficient (Wildman–Crippen LogP) is 0.235. The van der Waals surface area contributed by atoms with Crippen LogP contribution >= 0.6 is 0 Å². The van der Waals surface area contributed by atoms with Crippen molar-refractivity contribution in [2.24, 2.45) is 5.73 Å². The van der Waals surface area contributed by atoms with Crippen molar-refractivity contribution in [1.82, 2.24) is 15.1 Å². The number of piperidine rings is 1. The van der Waals surface area contributed by atoms with Crippen LogP contribution in [-0.4, -0.2) is 40.0 Å². The number of nitrogens with zero attached hydrogens (tertiary/aromatic N) is 2. The predicted molar refractivity (Wildman–Crippen MR) is 61.3 cm³/mol. The van der Waals surface area contributed by atoms with E-state index in [0.717, 1.165) is 31.6 Å². The maximum absolute atomic E-state index is 11.2. The van der Waals surface area contributed by atoms with Crippen LogP contribution < -0.4 is 5.73 Å². The summed E-state index contributed by atoms with van der Waals surface area (Å²) >= 11 is 0. The number of primary amides is 1. The van der Waals surface area contributed by atoms with Crippen LogP contribution in [-0.2, 0) is 4.79 Å². The van der Waals surface area contributed by atoms with E-state index >= 15 is 0 Å². The number of carbonyl (C=O) groups excluding carboxylic acids is 2. The number of hydrogen-bond acceptors (Lipinski definition) is 3. The Bertz CT molecular complexity index is 432. The van der Waals surface area contributed by atoms with Crippen molar-refractivity contribution in [3.63, 3.8) is 0 Å². The quantitative estimate of drug-likeness (QED) is 0.770. The molecule has 0 saturated carbocycles. The Kier molecular flexibility index (Phi) is 3.12. The van der Waals surface area contributed by atoms with Gasteiger partial charge in [0.25, 0.3) is 5.91 Å². The normalized spacial score (nSPS) is 17.1. The van der Waals surface area contributed by atoms with Crippen molar-refractivity contribution >= 4 is 11.8 Å². The summed E-state index contributed by atoms with van der Waals surface area (Å²) in [6.07, 6.45) is 1.78. The zero-order valence-corrected chi connectivity index (χ0v) is 9.77. The van der Waals surface area contributed by atoms with Crippen LogP contribution in [0.4, 0.5) is 0 Å². The van der Waals surface area contributed by atoms with Gasteiger partial charge in [-0.1, -0.05) is 0 Å². The molecule has 0 aromatic carbocycles. The second kappa shape index (κ2) is 4.57. The van der Waals surface area contributed by atoms with Gasteiger partial charge in [0, 0.05) is 31.6 Å². The number of aromatic nitrogens is 2. The Morgan fingerprint density at radius 3 is 2.59 bits per heavy atom. The standard InChI is InChI=1S/C11H16N4O2/c1-7(16)15-4-2-8(3-5-15)9-6-10(11(12)17)14-13-9/h6,8H,2-5H2,1H3,(H2,12,17)(H,13,14). The smallest absolute Gasteiger partial charge is 0.269 e. The molecule has 2 rings (SSSR count). The van der Waals surface area contributed by atoms with Crippen molar-refractivity contribution in [3.05, 3.63) is 17.5 Å². The van der Waals surface area contributed by atoms with E-state index in [1.807, 2.05) is 4.90 Å². The molecular formula is C11H16N4O2. The van der Waals surface area contributed by atoms with Crippen molar-refractivity contribution in [1.29, 1.82) is 0 Å². The van der Waals surface area contributed by atoms with E-state index in [0.29, 0.717) is 5.92 Å². The lowest BCUT2D eigenvalue weighted by molar-refractivity contribution is -0.129. The molecule has 0 atom stereocenters. The van der Waals surface area contributed by atoms with Crippen LogP contribution in [0.15, 0.2) is 6.07 Å². The summed E-state index contributed by atoms with van der Waals surface area (Å²) in [6, 6.07) is 1.70. The van der Waals surface area contributed by atoms with Crippen molar-refractivity contribution in [2.45, 2.75) is 25.7 Å². The van der Waals surface area contributed by atoms with Crippen LogP contribution in [0.5, 0.6) is 0 Å². The molecule has 0 bridgehead atoms. The fraction of sp³-hybridized carbons (Fsp3) is 0.545. The topological polar surface area (TPSA) is 92.1 Å². The number of nitrogens with one attached hydrogen (secondary N) is 1. The minimum Gasteiger partial charge on any atom is -0.364 e. The SMILES string of the molecule is CC(=O)N1CCC(c2cc(C(N)=O)n[nH]2)CC1. The lowest BCUT2D eigenvalue weighted by Crippen LogP contribution is -2.36. The molecule has 1 fully saturated rings. The van der Waals surface area contributed by atoms with Crippen molar-refractivity contribution < 1.29 is 9.59 Å². The van der Waals surface area contributed by atoms with Crippen LogP contribution in [0.3, 0.4) is 0 Å². The lowest BCUT2D eigenvalue weighted by atomic mass is 9.93. The molecule has 2 amide bonds. The Morgan fingerprint density at radius 1 is 1.47 bits per heavy atom. The molecule has 17 heavy (non-hydrogen) atoms. The van der Waals surface area contributed by atoms with Gasteiger partial charge in [0.2, 0.25) is 5.91 Å². The number of hydrogen-bond donors (Lipinski definition) is 2. The van der Waals surface area contributed by atoms with E-state index < -0.39 is 5.91 Å². The summed E-state index contributed by atoms with van der Waals surface area (Å²) in [6.45, 7) is 3.09. The molecule has 0 spiro atoms. The zero-order chi connectivity index (χ0) is 12.4. The highest BCUT2D eigenvalue weighted by atomic mass is 16.2. The van der Waals surface area contributed by atoms with Gasteiger partial charge < -0.3 is 10.6 Å². The summed E-state index contributed by atoms with van der Waals surface area (Å²) in [4.78, 5) is 23.9. The number of nitrogens with two attached hydrogens (primary N) is 1. The molecule has 0 unspecified atom stereocenters. The highest BCUT2D eigenvalue weighted by molar-refractivity contribution is 5.90. The zero-order valence-electron chi connectivity index (χ0n) is 9.77. The van der Waals surface area contributed by atoms with Gasteiger partial charge in [-0.3, -0.25) is 14.7 Å². The first-order valence-corrected chi connectivity index (χ1v) is 5.68. The summed E-state index contributed by atoms with van der Waals surface area (Å²) in [5, 5.41) is 6.71. The third-order valence-corrected chi connectivity index (χ3v) is 3.23. The minimum atomic E-state index is -0.520. The number of H-pyrrole nitrogens is 1. The van der Waals surface area contributed by atoms with Crippen LogP contribution in [0.25, 0.3) is 0 Å². The second-order valence-electron chi connectivity index (χ2n) is 4.35. The highest BCUT2D eigenvalue weighted by Crippen LogP contribution is 2.26. The molecule has 3 N–H and O–H groups in total. The molecule has 6 heteroatoms. The molecule has 92 valence electrons. The number of likely N-dealkylation sites (tertiary alicyclic amines) is 1. The van der Waals surface area contributed by atoms with E-state index in [1.165, 1.54) is 0 Å². The largest absolute Gasteiger partial charge is 0.364 e. The summed E-state index contributed by atoms with van der Waals surface area (Å²) < 4.78 is 0. The first-order valence-electron chi connectivity index (χ1n) is 5.68. The monoisotopic (exact) mass is 236 g/mol. The van der Waals surface area contributed by atoms with Gasteiger partial charge in [0.05, 0.1) is 0 Å². The minimum absolute atomic E-state index is 0.117. The number of aromatic amines is 1. The molecular weight excluding hydrogens is 220 g/mol. The van der Waals surface area contributed by atoms with Gasteiger partial charge >= 0.3 is 0 Å². The van der Waals surface area contributed by atoms with Crippen LogP contribution in [0, 0.1) is 0 Å². The molecule has 0 aliphatic carbocycles. The van der Waals surface area contributed by atoms with E-state index in [4.69, 9.17) is 5.73 Å². The number of carbonyl (C=O) groups is 2. The Morgan fingerprint density at radius 2 is 2.12 bits per heavy atom. The van der Waals surface area contributed by atoms with E-state index in [1.54, 1.807) is 13.0 Å². The van der Waals surface area contributed by atoms with E-state index in [-0.39, 0.29) is 11.6 Å². The summed E-state index contributed by atoms with van der Waals surface area (Å²) in [5.41, 5.74) is 6.35. The average Bonchev–Trinajstić information content (AvgIpc) is 2.78. The maximum Gasteiger partial charge on any atom is 0.269 e. The summed E-state index contributed by atoms with van der Waals surface area (Å²) in [5.74, 6) is -0.0780. The first-order chi connectivity index (χ1) is 8.08. The van der Waals surface area contributed by atoms with Crippen molar-refractivity contribution in [2.75, 3.05) is 13.1 Å². The molecule has 1 aromatic rings. The fourth-order valence-electron chi connectivity index (χ4n) is 2.18. The second-order valence-corrected chi connectivity index (χ2v) is 4.35. The fourth-order valence-corrected chi connectivity index (χ4v) is 2.18. The molecule has 1 aromatic heterocycles. The lowest BCUT2D eigenvalue weighted by Gasteiger charge is -2.30. The molecule has 1 saturated heterocycles. The molecule has 1 aliphatic rings. The maximum atomic E-state index is 11.2. The Hall–Kier alpha value is -1.85.